The Kier molecular flexibility index (Phi) is 10.7. The number of hydrogen-bond donors (Lipinski definition) is 2. The van der Waals surface area contributed by atoms with Crippen LogP contribution in [0.5, 0.6) is 0 Å². The summed E-state index contributed by atoms with van der Waals surface area (Å²) < 4.78 is 32.2. The average molecular weight is 573 g/mol. The lowest BCUT2D eigenvalue weighted by molar-refractivity contribution is -0.140. The van der Waals surface area contributed by atoms with Gasteiger partial charge in [-0.1, -0.05) is 68.2 Å². The highest BCUT2D eigenvalue weighted by atomic mass is 32.2. The molecule has 1 unspecified atom stereocenters. The van der Waals surface area contributed by atoms with E-state index in [1.807, 2.05) is 25.1 Å². The topological polar surface area (TPSA) is 101 Å². The van der Waals surface area contributed by atoms with E-state index >= 15 is 0 Å². The number of unbranched alkanes of at least 4 members (excludes halogenated alkanes) is 1. The molecule has 7 heteroatoms. The van der Waals surface area contributed by atoms with E-state index in [0.717, 1.165) is 51.4 Å². The van der Waals surface area contributed by atoms with Gasteiger partial charge >= 0.3 is 5.97 Å². The number of carbonyl (C=O) groups excluding carboxylic acids is 1. The fourth-order valence-corrected chi connectivity index (χ4v) is 9.50. The molecule has 6 atom stereocenters. The number of methoxy groups -OCH3 is 1. The molecule has 6 nitrogen and oxygen atoms in total. The molecule has 2 saturated carbocycles. The Morgan fingerprint density at radius 1 is 1.15 bits per heavy atom. The van der Waals surface area contributed by atoms with Crippen molar-refractivity contribution in [3.63, 3.8) is 0 Å². The van der Waals surface area contributed by atoms with E-state index in [-0.39, 0.29) is 23.7 Å². The van der Waals surface area contributed by atoms with Crippen LogP contribution >= 0.6 is 0 Å². The van der Waals surface area contributed by atoms with Gasteiger partial charge in [0.25, 0.3) is 0 Å². The summed E-state index contributed by atoms with van der Waals surface area (Å²) in [5.41, 5.74) is 0.879. The summed E-state index contributed by atoms with van der Waals surface area (Å²) in [6.07, 6.45) is 16.0. The predicted octanol–water partition coefficient (Wildman–Crippen LogP) is 6.17. The molecule has 0 amide bonds. The van der Waals surface area contributed by atoms with Crippen molar-refractivity contribution in [2.24, 2.45) is 23.2 Å². The zero-order valence-corrected chi connectivity index (χ0v) is 25.0. The first-order chi connectivity index (χ1) is 19.2. The monoisotopic (exact) mass is 572 g/mol. The maximum atomic E-state index is 13.7. The number of ether oxygens (including phenoxy) is 1. The van der Waals surface area contributed by atoms with Crippen LogP contribution in [0, 0.1) is 23.2 Å². The molecule has 2 fully saturated rings. The minimum Gasteiger partial charge on any atom is -0.469 e. The van der Waals surface area contributed by atoms with Crippen molar-refractivity contribution in [2.45, 2.75) is 113 Å². The molecule has 2 N–H and O–H groups in total. The van der Waals surface area contributed by atoms with Crippen molar-refractivity contribution < 1.29 is 28.2 Å². The Labute approximate surface area is 240 Å². The number of rotatable bonds is 13. The number of hydrogen-bond acceptors (Lipinski definition) is 6. The molecule has 0 radical (unpaired) electrons. The largest absolute Gasteiger partial charge is 0.469 e. The van der Waals surface area contributed by atoms with Gasteiger partial charge in [0.05, 0.1) is 29.5 Å². The minimum absolute atomic E-state index is 0.0907. The lowest BCUT2D eigenvalue weighted by Crippen LogP contribution is -2.32. The highest BCUT2D eigenvalue weighted by molar-refractivity contribution is 7.92. The summed E-state index contributed by atoms with van der Waals surface area (Å²) in [5.74, 6) is 0.0447. The van der Waals surface area contributed by atoms with E-state index in [9.17, 15) is 23.4 Å². The van der Waals surface area contributed by atoms with Gasteiger partial charge in [0.1, 0.15) is 0 Å². The number of carbonyl (C=O) groups is 1. The molecule has 0 aliphatic heterocycles. The summed E-state index contributed by atoms with van der Waals surface area (Å²) in [4.78, 5) is 11.9. The highest BCUT2D eigenvalue weighted by Crippen LogP contribution is 2.59. The van der Waals surface area contributed by atoms with Gasteiger partial charge in [0.15, 0.2) is 9.84 Å². The van der Waals surface area contributed by atoms with E-state index in [2.05, 4.69) is 6.08 Å². The number of benzene rings is 1. The Balaban J connectivity index is 1.56. The molecule has 0 aromatic heterocycles. The summed E-state index contributed by atoms with van der Waals surface area (Å²) in [5, 5.41) is 21.7. The maximum Gasteiger partial charge on any atom is 0.305 e. The van der Waals surface area contributed by atoms with Gasteiger partial charge in [0, 0.05) is 12.3 Å². The summed E-state index contributed by atoms with van der Waals surface area (Å²) in [6, 6.07) is 8.70. The van der Waals surface area contributed by atoms with Crippen LogP contribution in [0.3, 0.4) is 0 Å². The summed E-state index contributed by atoms with van der Waals surface area (Å²) in [6.45, 7) is 1.94. The maximum absolute atomic E-state index is 13.7. The molecule has 3 aliphatic rings. The second-order valence-corrected chi connectivity index (χ2v) is 14.6. The van der Waals surface area contributed by atoms with Crippen molar-refractivity contribution in [2.75, 3.05) is 7.11 Å². The van der Waals surface area contributed by atoms with Gasteiger partial charge in [-0.3, -0.25) is 4.79 Å². The number of allylic oxidation sites excluding steroid dienone is 2. The Bertz CT molecular complexity index is 1140. The van der Waals surface area contributed by atoms with Crippen LogP contribution in [0.1, 0.15) is 90.4 Å². The number of sulfone groups is 1. The molecule has 0 bridgehead atoms. The summed E-state index contributed by atoms with van der Waals surface area (Å²) >= 11 is 0. The van der Waals surface area contributed by atoms with Gasteiger partial charge in [-0.05, 0) is 87.2 Å². The Morgan fingerprint density at radius 3 is 2.55 bits per heavy atom. The van der Waals surface area contributed by atoms with Crippen molar-refractivity contribution in [1.82, 2.24) is 0 Å². The molecule has 40 heavy (non-hydrogen) atoms. The molecule has 222 valence electrons. The van der Waals surface area contributed by atoms with Crippen LogP contribution in [0.25, 0.3) is 0 Å². The van der Waals surface area contributed by atoms with E-state index < -0.39 is 32.7 Å². The van der Waals surface area contributed by atoms with Gasteiger partial charge < -0.3 is 14.9 Å². The smallest absolute Gasteiger partial charge is 0.305 e. The van der Waals surface area contributed by atoms with Gasteiger partial charge in [-0.25, -0.2) is 8.42 Å². The molecule has 4 rings (SSSR count). The first-order valence-corrected chi connectivity index (χ1v) is 16.9. The van der Waals surface area contributed by atoms with Gasteiger partial charge in [-0.15, -0.1) is 0 Å². The lowest BCUT2D eigenvalue weighted by Gasteiger charge is -2.33. The quantitative estimate of drug-likeness (QED) is 0.166. The van der Waals surface area contributed by atoms with Gasteiger partial charge in [-0.2, -0.15) is 0 Å². The number of fused-ring (bicyclic) bond motifs is 1. The molecule has 0 heterocycles. The Hall–Kier alpha value is -1.96. The third-order valence-electron chi connectivity index (χ3n) is 9.80. The molecule has 0 saturated heterocycles. The molecule has 1 aromatic carbocycles. The first kappa shape index (κ1) is 31.0. The summed E-state index contributed by atoms with van der Waals surface area (Å²) in [7, 11) is -2.12. The second kappa shape index (κ2) is 13.8. The Morgan fingerprint density at radius 2 is 1.88 bits per heavy atom. The average Bonchev–Trinajstić information content (AvgIpc) is 3.43. The lowest BCUT2D eigenvalue weighted by atomic mass is 9.74. The number of aliphatic hydroxyl groups is 2. The minimum atomic E-state index is -3.53. The SMILES string of the molecule is CCC(C[C@]12C=C(CCCCC(=O)OC)C[C@H]1[C@H](/C=C/[C@@H](O)C1CCCCC1)[C@H](O)C2)S(=O)(=O)c1ccccc1. The molecule has 0 spiro atoms. The number of esters is 1. The van der Waals surface area contributed by atoms with Crippen LogP contribution < -0.4 is 0 Å². The molecular formula is C33H48O6S. The predicted molar refractivity (Wildman–Crippen MR) is 157 cm³/mol. The standard InChI is InChI=1S/C33H48O6S/c1-3-26(40(37,38)27-15-8-5-9-16-27)22-33-21-24(12-10-11-17-32(36)39-2)20-29(33)28(31(35)23-33)18-19-30(34)25-13-6-4-7-14-25/h5,8-9,15-16,18-19,21,25-26,28-31,34-35H,3-4,6-7,10-14,17,20,22-23H2,1-2H3/b19-18+/t26?,28-,29-,30+,31+,33-/m0/s1. The fraction of sp³-hybridized carbons (Fsp3) is 0.667. The van der Waals surface area contributed by atoms with Crippen LogP contribution in [0.2, 0.25) is 0 Å². The van der Waals surface area contributed by atoms with Crippen LogP contribution in [-0.4, -0.2) is 49.2 Å². The molecular weight excluding hydrogens is 524 g/mol. The van der Waals surface area contributed by atoms with Crippen molar-refractivity contribution >= 4 is 15.8 Å². The zero-order chi connectivity index (χ0) is 28.8. The number of aliphatic hydroxyl groups excluding tert-OH is 2. The van der Waals surface area contributed by atoms with Crippen LogP contribution in [0.15, 0.2) is 59.0 Å². The third kappa shape index (κ3) is 7.08. The normalized spacial score (nSPS) is 28.8. The van der Waals surface area contributed by atoms with E-state index in [1.165, 1.54) is 19.1 Å². The van der Waals surface area contributed by atoms with Gasteiger partial charge in [0.2, 0.25) is 0 Å². The third-order valence-corrected chi connectivity index (χ3v) is 12.1. The molecule has 3 aliphatic carbocycles. The van der Waals surface area contributed by atoms with Crippen LogP contribution in [-0.2, 0) is 19.4 Å². The highest BCUT2D eigenvalue weighted by Gasteiger charge is 2.55. The second-order valence-electron chi connectivity index (χ2n) is 12.3. The van der Waals surface area contributed by atoms with E-state index in [0.29, 0.717) is 30.6 Å². The van der Waals surface area contributed by atoms with Crippen molar-refractivity contribution in [3.05, 3.63) is 54.1 Å². The first-order valence-electron chi connectivity index (χ1n) is 15.3. The molecule has 1 aromatic rings. The fourth-order valence-electron chi connectivity index (χ4n) is 7.61. The van der Waals surface area contributed by atoms with Crippen molar-refractivity contribution in [1.29, 1.82) is 0 Å². The zero-order valence-electron chi connectivity index (χ0n) is 24.2. The van der Waals surface area contributed by atoms with Crippen molar-refractivity contribution in [3.8, 4) is 0 Å². The van der Waals surface area contributed by atoms with E-state index in [4.69, 9.17) is 4.74 Å². The van der Waals surface area contributed by atoms with E-state index in [1.54, 1.807) is 24.3 Å². The van der Waals surface area contributed by atoms with Crippen LogP contribution in [0.4, 0.5) is 0 Å².